The van der Waals surface area contributed by atoms with Crippen molar-refractivity contribution in [2.24, 2.45) is 5.73 Å². The maximum atomic E-state index is 11.1. The molecule has 1 unspecified atom stereocenters. The Morgan fingerprint density at radius 3 is 2.71 bits per heavy atom. The quantitative estimate of drug-likeness (QED) is 0.743. The highest BCUT2D eigenvalue weighted by Crippen LogP contribution is 2.25. The summed E-state index contributed by atoms with van der Waals surface area (Å²) in [6.45, 7) is 2.59. The molecule has 0 fully saturated rings. The van der Waals surface area contributed by atoms with Crippen LogP contribution in [0, 0.1) is 0 Å². The molecule has 0 radical (unpaired) electrons. The minimum atomic E-state index is -0.459. The predicted molar refractivity (Wildman–Crippen MR) is 69.1 cm³/mol. The Balaban J connectivity index is 3.03. The van der Waals surface area contributed by atoms with Crippen molar-refractivity contribution in [1.82, 2.24) is 0 Å². The van der Waals surface area contributed by atoms with Gasteiger partial charge >= 0.3 is 0 Å². The number of benzene rings is 1. The lowest BCUT2D eigenvalue weighted by Crippen LogP contribution is -2.33. The number of ether oxygens (including phenoxy) is 1. The van der Waals surface area contributed by atoms with Crippen molar-refractivity contribution in [2.75, 3.05) is 31.4 Å². The first-order valence-corrected chi connectivity index (χ1v) is 5.38. The first-order valence-electron chi connectivity index (χ1n) is 5.38. The first kappa shape index (κ1) is 13.3. The summed E-state index contributed by atoms with van der Waals surface area (Å²) in [5.74, 6) is -0.459. The zero-order valence-electron chi connectivity index (χ0n) is 10.4. The van der Waals surface area contributed by atoms with Crippen LogP contribution in [0.1, 0.15) is 17.3 Å². The summed E-state index contributed by atoms with van der Waals surface area (Å²) >= 11 is 0. The van der Waals surface area contributed by atoms with Gasteiger partial charge in [-0.05, 0) is 25.1 Å². The van der Waals surface area contributed by atoms with E-state index in [4.69, 9.17) is 16.2 Å². The number of anilines is 2. The minimum Gasteiger partial charge on any atom is -0.397 e. The molecule has 0 saturated carbocycles. The molecule has 5 heteroatoms. The van der Waals surface area contributed by atoms with E-state index in [9.17, 15) is 4.79 Å². The van der Waals surface area contributed by atoms with Crippen LogP contribution in [-0.4, -0.2) is 32.7 Å². The fourth-order valence-corrected chi connectivity index (χ4v) is 1.59. The number of hydrogen-bond donors (Lipinski definition) is 2. The fourth-order valence-electron chi connectivity index (χ4n) is 1.59. The number of rotatable bonds is 5. The Labute approximate surface area is 101 Å². The van der Waals surface area contributed by atoms with Gasteiger partial charge in [-0.2, -0.15) is 0 Å². The van der Waals surface area contributed by atoms with Crippen LogP contribution in [0.2, 0.25) is 0 Å². The van der Waals surface area contributed by atoms with E-state index in [1.165, 1.54) is 0 Å². The number of likely N-dealkylation sites (N-methyl/N-ethyl adjacent to an activating group) is 1. The van der Waals surface area contributed by atoms with Crippen molar-refractivity contribution in [3.8, 4) is 0 Å². The zero-order chi connectivity index (χ0) is 13.0. The highest BCUT2D eigenvalue weighted by atomic mass is 16.5. The van der Waals surface area contributed by atoms with E-state index in [-0.39, 0.29) is 6.04 Å². The van der Waals surface area contributed by atoms with Gasteiger partial charge in [0.15, 0.2) is 0 Å². The summed E-state index contributed by atoms with van der Waals surface area (Å²) in [7, 11) is 3.55. The van der Waals surface area contributed by atoms with Gasteiger partial charge < -0.3 is 21.1 Å². The third-order valence-corrected chi connectivity index (χ3v) is 2.76. The lowest BCUT2D eigenvalue weighted by molar-refractivity contribution is 0.100. The van der Waals surface area contributed by atoms with Crippen LogP contribution in [0.5, 0.6) is 0 Å². The van der Waals surface area contributed by atoms with E-state index in [1.807, 2.05) is 18.9 Å². The maximum Gasteiger partial charge on any atom is 0.248 e. The number of primary amides is 1. The van der Waals surface area contributed by atoms with Gasteiger partial charge in [-0.15, -0.1) is 0 Å². The van der Waals surface area contributed by atoms with Crippen molar-refractivity contribution < 1.29 is 9.53 Å². The minimum absolute atomic E-state index is 0.158. The second-order valence-corrected chi connectivity index (χ2v) is 4.05. The summed E-state index contributed by atoms with van der Waals surface area (Å²) in [6, 6.07) is 5.16. The molecule has 0 saturated heterocycles. The highest BCUT2D eigenvalue weighted by molar-refractivity contribution is 5.95. The van der Waals surface area contributed by atoms with E-state index in [2.05, 4.69) is 0 Å². The third kappa shape index (κ3) is 3.10. The van der Waals surface area contributed by atoms with Crippen LogP contribution in [0.15, 0.2) is 18.2 Å². The largest absolute Gasteiger partial charge is 0.397 e. The molecule has 0 heterocycles. The van der Waals surface area contributed by atoms with Crippen LogP contribution < -0.4 is 16.4 Å². The summed E-state index contributed by atoms with van der Waals surface area (Å²) in [5.41, 5.74) is 13.0. The molecular weight excluding hydrogens is 218 g/mol. The standard InChI is InChI=1S/C12H19N3O2/c1-8(7-17-3)15(2)11-6-9(12(14)16)4-5-10(11)13/h4-6,8H,7,13H2,1-3H3,(H2,14,16). The van der Waals surface area contributed by atoms with Crippen LogP contribution in [0.3, 0.4) is 0 Å². The molecule has 1 aromatic carbocycles. The number of nitrogens with zero attached hydrogens (tertiary/aromatic N) is 1. The average Bonchev–Trinajstić information content (AvgIpc) is 2.28. The molecule has 1 aromatic rings. The lowest BCUT2D eigenvalue weighted by atomic mass is 10.1. The van der Waals surface area contributed by atoms with Gasteiger partial charge in [0.25, 0.3) is 0 Å². The molecule has 0 spiro atoms. The van der Waals surface area contributed by atoms with E-state index < -0.39 is 5.91 Å². The fraction of sp³-hybridized carbons (Fsp3) is 0.417. The van der Waals surface area contributed by atoms with Gasteiger partial charge in [0, 0.05) is 25.8 Å². The molecule has 17 heavy (non-hydrogen) atoms. The van der Waals surface area contributed by atoms with Crippen molar-refractivity contribution >= 4 is 17.3 Å². The van der Waals surface area contributed by atoms with Gasteiger partial charge in [-0.25, -0.2) is 0 Å². The van der Waals surface area contributed by atoms with Gasteiger partial charge in [-0.1, -0.05) is 0 Å². The Kier molecular flexibility index (Phi) is 4.34. The number of nitrogens with two attached hydrogens (primary N) is 2. The number of hydrogen-bond acceptors (Lipinski definition) is 4. The molecule has 0 aliphatic carbocycles. The highest BCUT2D eigenvalue weighted by Gasteiger charge is 2.14. The number of carbonyl (C=O) groups excluding carboxylic acids is 1. The summed E-state index contributed by atoms with van der Waals surface area (Å²) < 4.78 is 5.09. The molecule has 0 aromatic heterocycles. The first-order chi connectivity index (χ1) is 7.97. The molecule has 1 rings (SSSR count). The van der Waals surface area contributed by atoms with Gasteiger partial charge in [0.2, 0.25) is 5.91 Å². The second-order valence-electron chi connectivity index (χ2n) is 4.05. The van der Waals surface area contributed by atoms with Crippen molar-refractivity contribution in [1.29, 1.82) is 0 Å². The SMILES string of the molecule is COCC(C)N(C)c1cc(C(N)=O)ccc1N. The average molecular weight is 237 g/mol. The Morgan fingerprint density at radius 2 is 2.18 bits per heavy atom. The molecule has 1 atom stereocenters. The van der Waals surface area contributed by atoms with Crippen LogP contribution >= 0.6 is 0 Å². The topological polar surface area (TPSA) is 81.6 Å². The smallest absolute Gasteiger partial charge is 0.248 e. The van der Waals surface area contributed by atoms with E-state index in [0.29, 0.717) is 17.9 Å². The van der Waals surface area contributed by atoms with Crippen LogP contribution in [0.25, 0.3) is 0 Å². The van der Waals surface area contributed by atoms with Gasteiger partial charge in [0.1, 0.15) is 0 Å². The van der Waals surface area contributed by atoms with Gasteiger partial charge in [0.05, 0.1) is 18.0 Å². The molecule has 0 aliphatic rings. The summed E-state index contributed by atoms with van der Waals surface area (Å²) in [5, 5.41) is 0. The summed E-state index contributed by atoms with van der Waals surface area (Å²) in [6.07, 6.45) is 0. The predicted octanol–water partition coefficient (Wildman–Crippen LogP) is 0.839. The van der Waals surface area contributed by atoms with E-state index in [1.54, 1.807) is 25.3 Å². The Hall–Kier alpha value is -1.75. The van der Waals surface area contributed by atoms with Crippen molar-refractivity contribution in [3.05, 3.63) is 23.8 Å². The molecule has 5 nitrogen and oxygen atoms in total. The lowest BCUT2D eigenvalue weighted by Gasteiger charge is -2.27. The molecule has 0 aliphatic heterocycles. The number of carbonyl (C=O) groups is 1. The third-order valence-electron chi connectivity index (χ3n) is 2.76. The number of nitrogen functional groups attached to an aromatic ring is 1. The maximum absolute atomic E-state index is 11.1. The number of amides is 1. The molecular formula is C12H19N3O2. The second kappa shape index (κ2) is 5.54. The molecule has 0 bridgehead atoms. The molecule has 94 valence electrons. The van der Waals surface area contributed by atoms with Crippen LogP contribution in [-0.2, 0) is 4.74 Å². The Morgan fingerprint density at radius 1 is 1.53 bits per heavy atom. The molecule has 1 amide bonds. The summed E-state index contributed by atoms with van der Waals surface area (Å²) in [4.78, 5) is 13.1. The van der Waals surface area contributed by atoms with Crippen LogP contribution in [0.4, 0.5) is 11.4 Å². The van der Waals surface area contributed by atoms with Crippen molar-refractivity contribution in [3.63, 3.8) is 0 Å². The number of methoxy groups -OCH3 is 1. The Bertz CT molecular complexity index is 407. The monoisotopic (exact) mass is 237 g/mol. The van der Waals surface area contributed by atoms with E-state index >= 15 is 0 Å². The van der Waals surface area contributed by atoms with Gasteiger partial charge in [-0.3, -0.25) is 4.79 Å². The van der Waals surface area contributed by atoms with E-state index in [0.717, 1.165) is 5.69 Å². The zero-order valence-corrected chi connectivity index (χ0v) is 10.4. The van der Waals surface area contributed by atoms with Crippen molar-refractivity contribution in [2.45, 2.75) is 13.0 Å². The normalized spacial score (nSPS) is 12.2. The molecule has 4 N–H and O–H groups in total.